The molecule has 2 unspecified atom stereocenters. The SMILES string of the molecule is CP(=O)(O)Cc1cccc(CP(C)(=O)O)n1. The first-order valence-corrected chi connectivity index (χ1v) is 9.27. The van der Waals surface area contributed by atoms with Gasteiger partial charge in [0.05, 0.1) is 23.7 Å². The van der Waals surface area contributed by atoms with Gasteiger partial charge in [0.2, 0.25) is 14.7 Å². The molecule has 0 aliphatic heterocycles. The van der Waals surface area contributed by atoms with Gasteiger partial charge in [-0.2, -0.15) is 0 Å². The first-order chi connectivity index (χ1) is 7.16. The minimum Gasteiger partial charge on any atom is -0.344 e. The molecule has 5 nitrogen and oxygen atoms in total. The molecule has 0 amide bonds. The Morgan fingerprint density at radius 1 is 1.06 bits per heavy atom. The van der Waals surface area contributed by atoms with Crippen molar-refractivity contribution in [2.24, 2.45) is 0 Å². The second-order valence-corrected chi connectivity index (χ2v) is 8.87. The van der Waals surface area contributed by atoms with Crippen molar-refractivity contribution >= 4 is 14.7 Å². The summed E-state index contributed by atoms with van der Waals surface area (Å²) in [5, 5.41) is 0. The van der Waals surface area contributed by atoms with E-state index in [4.69, 9.17) is 0 Å². The van der Waals surface area contributed by atoms with Gasteiger partial charge in [-0.1, -0.05) is 6.07 Å². The summed E-state index contributed by atoms with van der Waals surface area (Å²) in [4.78, 5) is 22.5. The Kier molecular flexibility index (Phi) is 4.08. The highest BCUT2D eigenvalue weighted by atomic mass is 31.2. The summed E-state index contributed by atoms with van der Waals surface area (Å²) in [7, 11) is -6.31. The zero-order chi connectivity index (χ0) is 12.4. The number of hydrogen-bond acceptors (Lipinski definition) is 3. The van der Waals surface area contributed by atoms with Gasteiger partial charge in [0.25, 0.3) is 0 Å². The summed E-state index contributed by atoms with van der Waals surface area (Å²) >= 11 is 0. The Bertz CT molecular complexity index is 423. The molecule has 1 aromatic heterocycles. The molecule has 0 spiro atoms. The molecule has 16 heavy (non-hydrogen) atoms. The largest absolute Gasteiger partial charge is 0.344 e. The van der Waals surface area contributed by atoms with Crippen LogP contribution in [0.3, 0.4) is 0 Å². The zero-order valence-electron chi connectivity index (χ0n) is 9.20. The Labute approximate surface area is 94.5 Å². The average molecular weight is 263 g/mol. The molecule has 90 valence electrons. The Balaban J connectivity index is 2.88. The van der Waals surface area contributed by atoms with Crippen molar-refractivity contribution in [2.75, 3.05) is 13.3 Å². The zero-order valence-corrected chi connectivity index (χ0v) is 11.0. The summed E-state index contributed by atoms with van der Waals surface area (Å²) in [6, 6.07) is 4.94. The van der Waals surface area contributed by atoms with Crippen molar-refractivity contribution < 1.29 is 18.9 Å². The number of aromatic nitrogens is 1. The molecule has 0 aromatic carbocycles. The van der Waals surface area contributed by atoms with Crippen LogP contribution in [0.4, 0.5) is 0 Å². The number of hydrogen-bond donors (Lipinski definition) is 2. The van der Waals surface area contributed by atoms with Crippen LogP contribution in [0.15, 0.2) is 18.2 Å². The van der Waals surface area contributed by atoms with Crippen LogP contribution in [0, 0.1) is 0 Å². The van der Waals surface area contributed by atoms with E-state index in [2.05, 4.69) is 4.98 Å². The van der Waals surface area contributed by atoms with Gasteiger partial charge < -0.3 is 9.79 Å². The molecule has 0 aliphatic rings. The van der Waals surface area contributed by atoms with Crippen molar-refractivity contribution in [1.29, 1.82) is 0 Å². The van der Waals surface area contributed by atoms with E-state index in [0.717, 1.165) is 0 Å². The monoisotopic (exact) mass is 263 g/mol. The molecule has 0 radical (unpaired) electrons. The fourth-order valence-electron chi connectivity index (χ4n) is 1.31. The number of pyridine rings is 1. The molecule has 1 aromatic rings. The molecular formula is C9H15NO4P2. The number of nitrogens with zero attached hydrogens (tertiary/aromatic N) is 1. The van der Waals surface area contributed by atoms with Gasteiger partial charge >= 0.3 is 0 Å². The third-order valence-electron chi connectivity index (χ3n) is 1.78. The summed E-state index contributed by atoms with van der Waals surface area (Å²) in [6.45, 7) is 2.52. The Morgan fingerprint density at radius 3 is 1.75 bits per heavy atom. The third-order valence-corrected chi connectivity index (χ3v) is 3.60. The summed E-state index contributed by atoms with van der Waals surface area (Å²) in [6.07, 6.45) is -0.0272. The topological polar surface area (TPSA) is 87.5 Å². The first-order valence-electron chi connectivity index (χ1n) is 4.69. The Hall–Kier alpha value is -0.470. The van der Waals surface area contributed by atoms with Gasteiger partial charge in [0.15, 0.2) is 0 Å². The van der Waals surface area contributed by atoms with Crippen LogP contribution in [-0.2, 0) is 21.5 Å². The Morgan fingerprint density at radius 2 is 1.44 bits per heavy atom. The maximum Gasteiger partial charge on any atom is 0.203 e. The second kappa shape index (κ2) is 4.80. The molecule has 0 bridgehead atoms. The van der Waals surface area contributed by atoms with E-state index >= 15 is 0 Å². The van der Waals surface area contributed by atoms with Gasteiger partial charge in [0, 0.05) is 13.3 Å². The fraction of sp³-hybridized carbons (Fsp3) is 0.444. The minimum atomic E-state index is -3.15. The van der Waals surface area contributed by atoms with Gasteiger partial charge in [0.1, 0.15) is 0 Å². The third kappa shape index (κ3) is 5.57. The predicted octanol–water partition coefficient (Wildman–Crippen LogP) is 1.88. The lowest BCUT2D eigenvalue weighted by Gasteiger charge is -2.08. The quantitative estimate of drug-likeness (QED) is 0.810. The van der Waals surface area contributed by atoms with Gasteiger partial charge in [-0.05, 0) is 12.1 Å². The molecule has 1 heterocycles. The normalized spacial score (nSPS) is 18.8. The minimum absolute atomic E-state index is 0.0136. The highest BCUT2D eigenvalue weighted by Crippen LogP contribution is 2.41. The van der Waals surface area contributed by atoms with Gasteiger partial charge in [-0.25, -0.2) is 0 Å². The van der Waals surface area contributed by atoms with E-state index in [1.807, 2.05) is 0 Å². The molecule has 2 N–H and O–H groups in total. The van der Waals surface area contributed by atoms with E-state index in [9.17, 15) is 18.9 Å². The van der Waals surface area contributed by atoms with Crippen LogP contribution in [0.25, 0.3) is 0 Å². The van der Waals surface area contributed by atoms with E-state index in [1.165, 1.54) is 13.3 Å². The summed E-state index contributed by atoms with van der Waals surface area (Å²) < 4.78 is 22.4. The molecule has 0 saturated carbocycles. The lowest BCUT2D eigenvalue weighted by molar-refractivity contribution is 0.483. The first kappa shape index (κ1) is 13.6. The van der Waals surface area contributed by atoms with Crippen LogP contribution in [-0.4, -0.2) is 28.1 Å². The standard InChI is InChI=1S/C9H15NO4P2/c1-15(11,12)6-8-4-3-5-9(10-8)7-16(2,13)14/h3-5H,6-7H2,1-2H3,(H,11,12)(H,13,14). The maximum absolute atomic E-state index is 11.2. The van der Waals surface area contributed by atoms with Gasteiger partial charge in [-0.3, -0.25) is 14.1 Å². The van der Waals surface area contributed by atoms with Gasteiger partial charge in [-0.15, -0.1) is 0 Å². The van der Waals surface area contributed by atoms with Crippen molar-refractivity contribution in [2.45, 2.75) is 12.3 Å². The smallest absolute Gasteiger partial charge is 0.203 e. The average Bonchev–Trinajstić information content (AvgIpc) is 1.96. The van der Waals surface area contributed by atoms with E-state index in [0.29, 0.717) is 11.4 Å². The molecule has 1 rings (SSSR count). The highest BCUT2D eigenvalue weighted by molar-refractivity contribution is 7.56. The lowest BCUT2D eigenvalue weighted by atomic mass is 10.3. The molecule has 0 aliphatic carbocycles. The van der Waals surface area contributed by atoms with Crippen LogP contribution in [0.5, 0.6) is 0 Å². The van der Waals surface area contributed by atoms with Crippen molar-refractivity contribution in [1.82, 2.24) is 4.98 Å². The van der Waals surface area contributed by atoms with E-state index < -0.39 is 14.7 Å². The van der Waals surface area contributed by atoms with E-state index in [-0.39, 0.29) is 12.3 Å². The van der Waals surface area contributed by atoms with Crippen molar-refractivity contribution in [3.8, 4) is 0 Å². The van der Waals surface area contributed by atoms with Crippen LogP contribution >= 0.6 is 14.7 Å². The lowest BCUT2D eigenvalue weighted by Crippen LogP contribution is -1.96. The molecule has 2 atom stereocenters. The highest BCUT2D eigenvalue weighted by Gasteiger charge is 2.15. The number of rotatable bonds is 4. The van der Waals surface area contributed by atoms with Crippen LogP contribution in [0.2, 0.25) is 0 Å². The van der Waals surface area contributed by atoms with Crippen LogP contribution in [0.1, 0.15) is 11.4 Å². The second-order valence-electron chi connectivity index (χ2n) is 4.04. The van der Waals surface area contributed by atoms with Crippen LogP contribution < -0.4 is 0 Å². The summed E-state index contributed by atoms with van der Waals surface area (Å²) in [5.74, 6) is 0. The van der Waals surface area contributed by atoms with Crippen molar-refractivity contribution in [3.05, 3.63) is 29.6 Å². The predicted molar refractivity (Wildman–Crippen MR) is 63.1 cm³/mol. The molecular weight excluding hydrogens is 248 g/mol. The molecule has 0 saturated heterocycles. The fourth-order valence-corrected chi connectivity index (χ4v) is 2.86. The molecule has 7 heteroatoms. The summed E-state index contributed by atoms with van der Waals surface area (Å²) in [5.41, 5.74) is 0.943. The van der Waals surface area contributed by atoms with E-state index in [1.54, 1.807) is 18.2 Å². The van der Waals surface area contributed by atoms with Crippen molar-refractivity contribution in [3.63, 3.8) is 0 Å². The maximum atomic E-state index is 11.2. The molecule has 0 fully saturated rings.